The van der Waals surface area contributed by atoms with Gasteiger partial charge < -0.3 is 18.7 Å². The van der Waals surface area contributed by atoms with Crippen LogP contribution in [-0.2, 0) is 18.7 Å². The van der Waals surface area contributed by atoms with Crippen molar-refractivity contribution in [1.29, 1.82) is 0 Å². The molecule has 1 heterocycles. The van der Waals surface area contributed by atoms with Gasteiger partial charge in [-0.15, -0.1) is 0 Å². The molecule has 0 aromatic rings. The third kappa shape index (κ3) is 4.91. The molecule has 116 valence electrons. The fourth-order valence-electron chi connectivity index (χ4n) is 2.32. The predicted molar refractivity (Wildman–Crippen MR) is 78.8 cm³/mol. The largest absolute Gasteiger partial charge is 0.508 e. The van der Waals surface area contributed by atoms with Crippen molar-refractivity contribution in [2.24, 2.45) is 16.8 Å². The van der Waals surface area contributed by atoms with Gasteiger partial charge in [0.15, 0.2) is 5.90 Å². The Hall–Kier alpha value is -0.870. The van der Waals surface area contributed by atoms with E-state index in [4.69, 9.17) is 18.7 Å². The minimum absolute atomic E-state index is 0.0560. The Labute approximate surface area is 122 Å². The smallest absolute Gasteiger partial charge is 0.481 e. The van der Waals surface area contributed by atoms with Crippen molar-refractivity contribution in [3.05, 3.63) is 0 Å². The minimum Gasteiger partial charge on any atom is -0.481 e. The highest BCUT2D eigenvalue weighted by atomic mass is 31.0. The molecule has 6 nitrogen and oxygen atoms in total. The average Bonchev–Trinajstić information content (AvgIpc) is 2.70. The molecule has 0 aliphatic carbocycles. The lowest BCUT2D eigenvalue weighted by molar-refractivity contribution is 0.0407. The number of hydrogen-bond acceptors (Lipinski definition) is 6. The van der Waals surface area contributed by atoms with Crippen LogP contribution in [0.1, 0.15) is 27.2 Å². The Kier molecular flexibility index (Phi) is 7.85. The van der Waals surface area contributed by atoms with E-state index in [0.717, 1.165) is 12.3 Å². The van der Waals surface area contributed by atoms with Crippen LogP contribution < -0.4 is 0 Å². The summed E-state index contributed by atoms with van der Waals surface area (Å²) in [4.78, 5) is 15.8. The SMILES string of the molecule is CCOC(=O)OC[C@H]1[C@H](C)N=C(OCC)[C@@H]1CCOP. The molecule has 0 spiro atoms. The average molecular weight is 305 g/mol. The van der Waals surface area contributed by atoms with Gasteiger partial charge in [0.25, 0.3) is 0 Å². The van der Waals surface area contributed by atoms with Crippen LogP contribution in [0, 0.1) is 11.8 Å². The lowest BCUT2D eigenvalue weighted by Gasteiger charge is -2.22. The molecule has 0 saturated heterocycles. The number of nitrogens with zero attached hydrogens (tertiary/aromatic N) is 1. The molecule has 0 amide bonds. The van der Waals surface area contributed by atoms with E-state index in [-0.39, 0.29) is 24.5 Å². The zero-order chi connectivity index (χ0) is 15.0. The first-order valence-corrected chi connectivity index (χ1v) is 7.42. The topological polar surface area (TPSA) is 66.4 Å². The van der Waals surface area contributed by atoms with E-state index in [1.54, 1.807) is 6.92 Å². The summed E-state index contributed by atoms with van der Waals surface area (Å²) in [5.41, 5.74) is 0. The highest BCUT2D eigenvalue weighted by Crippen LogP contribution is 2.31. The molecule has 7 heteroatoms. The Morgan fingerprint density at radius 3 is 2.65 bits per heavy atom. The molecule has 20 heavy (non-hydrogen) atoms. The maximum absolute atomic E-state index is 11.3. The summed E-state index contributed by atoms with van der Waals surface area (Å²) in [5.74, 6) is 0.945. The zero-order valence-corrected chi connectivity index (χ0v) is 13.5. The first-order valence-electron chi connectivity index (χ1n) is 6.95. The van der Waals surface area contributed by atoms with Crippen molar-refractivity contribution in [1.82, 2.24) is 0 Å². The maximum atomic E-state index is 11.3. The van der Waals surface area contributed by atoms with Gasteiger partial charge in [-0.05, 0) is 27.2 Å². The van der Waals surface area contributed by atoms with Crippen LogP contribution in [0.15, 0.2) is 4.99 Å². The molecule has 0 radical (unpaired) electrons. The molecule has 0 aromatic carbocycles. The third-order valence-corrected chi connectivity index (χ3v) is 3.51. The van der Waals surface area contributed by atoms with Gasteiger partial charge in [-0.1, -0.05) is 0 Å². The fourth-order valence-corrected chi connectivity index (χ4v) is 2.45. The lowest BCUT2D eigenvalue weighted by atomic mass is 9.88. The molecule has 0 saturated carbocycles. The van der Waals surface area contributed by atoms with Crippen molar-refractivity contribution in [2.45, 2.75) is 33.2 Å². The van der Waals surface area contributed by atoms with Crippen molar-refractivity contribution in [2.75, 3.05) is 26.4 Å². The summed E-state index contributed by atoms with van der Waals surface area (Å²) in [5, 5.41) is 0. The molecule has 4 atom stereocenters. The van der Waals surface area contributed by atoms with E-state index < -0.39 is 6.16 Å². The monoisotopic (exact) mass is 305 g/mol. The molecule has 0 aromatic heterocycles. The highest BCUT2D eigenvalue weighted by Gasteiger charge is 2.38. The second kappa shape index (κ2) is 9.14. The second-order valence-electron chi connectivity index (χ2n) is 4.56. The third-order valence-electron chi connectivity index (χ3n) is 3.28. The Balaban J connectivity index is 2.59. The Morgan fingerprint density at radius 2 is 2.05 bits per heavy atom. The molecule has 1 aliphatic heterocycles. The van der Waals surface area contributed by atoms with Crippen LogP contribution >= 0.6 is 9.47 Å². The summed E-state index contributed by atoms with van der Waals surface area (Å²) >= 11 is 0. The number of ether oxygens (including phenoxy) is 3. The second-order valence-corrected chi connectivity index (χ2v) is 4.90. The van der Waals surface area contributed by atoms with Gasteiger partial charge in [-0.3, -0.25) is 4.99 Å². The van der Waals surface area contributed by atoms with Gasteiger partial charge in [0, 0.05) is 21.3 Å². The van der Waals surface area contributed by atoms with E-state index in [1.165, 1.54) is 0 Å². The van der Waals surface area contributed by atoms with E-state index in [2.05, 4.69) is 14.5 Å². The number of hydrogen-bond donors (Lipinski definition) is 0. The first kappa shape index (κ1) is 17.2. The standard InChI is InChI=1S/C13H24NO5P/c1-4-16-12-10(6-7-19-20)11(9(3)14-12)8-18-13(15)17-5-2/h9-11H,4-8,20H2,1-3H3/t9-,10+,11-/m0/s1. The minimum atomic E-state index is -0.634. The van der Waals surface area contributed by atoms with E-state index >= 15 is 0 Å². The molecule has 1 aliphatic rings. The summed E-state index contributed by atoms with van der Waals surface area (Å²) in [7, 11) is 2.24. The van der Waals surface area contributed by atoms with Crippen LogP contribution in [0.25, 0.3) is 0 Å². The van der Waals surface area contributed by atoms with Gasteiger partial charge >= 0.3 is 6.16 Å². The summed E-state index contributed by atoms with van der Waals surface area (Å²) < 4.78 is 20.5. The first-order chi connectivity index (χ1) is 9.63. The Morgan fingerprint density at radius 1 is 1.30 bits per heavy atom. The summed E-state index contributed by atoms with van der Waals surface area (Å²) in [6, 6.07) is 0.0560. The van der Waals surface area contributed by atoms with Crippen molar-refractivity contribution < 1.29 is 23.5 Å². The zero-order valence-electron chi connectivity index (χ0n) is 12.3. The van der Waals surface area contributed by atoms with E-state index in [1.807, 2.05) is 13.8 Å². The molecule has 1 rings (SSSR count). The van der Waals surface area contributed by atoms with E-state index in [0.29, 0.717) is 19.8 Å². The fraction of sp³-hybridized carbons (Fsp3) is 0.846. The lowest BCUT2D eigenvalue weighted by Crippen LogP contribution is -2.30. The van der Waals surface area contributed by atoms with Crippen molar-refractivity contribution in [3.8, 4) is 0 Å². The van der Waals surface area contributed by atoms with Gasteiger partial charge in [0.05, 0.1) is 25.9 Å². The van der Waals surface area contributed by atoms with Crippen LogP contribution in [0.3, 0.4) is 0 Å². The Bertz CT molecular complexity index is 337. The highest BCUT2D eigenvalue weighted by molar-refractivity contribution is 7.09. The van der Waals surface area contributed by atoms with E-state index in [9.17, 15) is 4.79 Å². The summed E-state index contributed by atoms with van der Waals surface area (Å²) in [6.45, 7) is 7.43. The van der Waals surface area contributed by atoms with Gasteiger partial charge in [0.2, 0.25) is 0 Å². The number of carbonyl (C=O) groups is 1. The quantitative estimate of drug-likeness (QED) is 0.534. The van der Waals surface area contributed by atoms with Gasteiger partial charge in [0.1, 0.15) is 6.61 Å². The number of carbonyl (C=O) groups excluding carboxylic acids is 1. The van der Waals surface area contributed by atoms with Gasteiger partial charge in [-0.25, -0.2) is 4.79 Å². The number of rotatable bonds is 7. The van der Waals surface area contributed by atoms with Gasteiger partial charge in [-0.2, -0.15) is 0 Å². The molecule has 0 fully saturated rings. The molecule has 0 bridgehead atoms. The normalized spacial score (nSPS) is 25.2. The summed E-state index contributed by atoms with van der Waals surface area (Å²) in [6.07, 6.45) is 0.148. The van der Waals surface area contributed by atoms with Crippen LogP contribution in [0.2, 0.25) is 0 Å². The maximum Gasteiger partial charge on any atom is 0.508 e. The molecular weight excluding hydrogens is 281 g/mol. The number of aliphatic imine (C=N–C) groups is 1. The van der Waals surface area contributed by atoms with Crippen molar-refractivity contribution >= 4 is 21.5 Å². The van der Waals surface area contributed by atoms with Crippen molar-refractivity contribution in [3.63, 3.8) is 0 Å². The predicted octanol–water partition coefficient (Wildman–Crippen LogP) is 2.43. The van der Waals surface area contributed by atoms with Crippen LogP contribution in [0.5, 0.6) is 0 Å². The van der Waals surface area contributed by atoms with Crippen LogP contribution in [-0.4, -0.2) is 44.5 Å². The molecule has 1 unspecified atom stereocenters. The van der Waals surface area contributed by atoms with Crippen LogP contribution in [0.4, 0.5) is 4.79 Å². The molecular formula is C13H24NO5P. The molecule has 0 N–H and O–H groups in total.